The molecule has 2 amide bonds. The Labute approximate surface area is 259 Å². The molecule has 3 aromatic rings. The molecule has 2 fully saturated rings. The van der Waals surface area contributed by atoms with Crippen LogP contribution in [0.2, 0.25) is 0 Å². The number of ether oxygens (including phenoxy) is 1. The predicted octanol–water partition coefficient (Wildman–Crippen LogP) is 4.31. The lowest BCUT2D eigenvalue weighted by molar-refractivity contribution is -0.140. The van der Waals surface area contributed by atoms with Crippen LogP contribution in [0.1, 0.15) is 22.3 Å². The number of amides is 2. The van der Waals surface area contributed by atoms with E-state index in [9.17, 15) is 14.9 Å². The van der Waals surface area contributed by atoms with Gasteiger partial charge in [-0.3, -0.25) is 14.6 Å². The van der Waals surface area contributed by atoms with Gasteiger partial charge in [-0.2, -0.15) is 5.26 Å². The van der Waals surface area contributed by atoms with Gasteiger partial charge in [-0.1, -0.05) is 79.4 Å². The molecule has 0 spiro atoms. The third-order valence-electron chi connectivity index (χ3n) is 8.03. The molecule has 0 radical (unpaired) electrons. The molecule has 2 aliphatic heterocycles. The summed E-state index contributed by atoms with van der Waals surface area (Å²) in [5.41, 5.74) is 4.50. The number of carbonyl (C=O) groups is 2. The van der Waals surface area contributed by atoms with Crippen molar-refractivity contribution in [3.05, 3.63) is 114 Å². The Morgan fingerprint density at radius 2 is 1.68 bits per heavy atom. The molecule has 0 saturated carbocycles. The van der Waals surface area contributed by atoms with Crippen molar-refractivity contribution in [2.75, 3.05) is 59.5 Å². The minimum atomic E-state index is -0.509. The van der Waals surface area contributed by atoms with Crippen molar-refractivity contribution in [1.29, 1.82) is 5.26 Å². The summed E-state index contributed by atoms with van der Waals surface area (Å²) in [5.74, 6) is -0.144. The number of carbonyl (C=O) groups excluding carboxylic acids is 2. The lowest BCUT2D eigenvalue weighted by Crippen LogP contribution is -2.61. The second kappa shape index (κ2) is 14.6. The summed E-state index contributed by atoms with van der Waals surface area (Å²) in [5, 5.41) is 9.96. The molecular weight excluding hydrogens is 552 g/mol. The fourth-order valence-corrected chi connectivity index (χ4v) is 5.61. The highest BCUT2D eigenvalue weighted by atomic mass is 16.6. The number of hydrogen-bond acceptors (Lipinski definition) is 7. The van der Waals surface area contributed by atoms with Gasteiger partial charge in [0.05, 0.1) is 23.0 Å². The summed E-state index contributed by atoms with van der Waals surface area (Å²) in [6.45, 7) is 8.72. The predicted molar refractivity (Wildman–Crippen MR) is 171 cm³/mol. The average molecular weight is 591 g/mol. The van der Waals surface area contributed by atoms with Gasteiger partial charge in [0.25, 0.3) is 0 Å². The van der Waals surface area contributed by atoms with Crippen LogP contribution < -0.4 is 0 Å². The molecule has 0 N–H and O–H groups in total. The third-order valence-corrected chi connectivity index (χ3v) is 8.03. The van der Waals surface area contributed by atoms with Crippen LogP contribution in [0, 0.1) is 11.3 Å². The Balaban J connectivity index is 1.45. The largest absolute Gasteiger partial charge is 0.445 e. The highest BCUT2D eigenvalue weighted by Crippen LogP contribution is 2.26. The van der Waals surface area contributed by atoms with Crippen molar-refractivity contribution in [2.45, 2.75) is 12.6 Å². The van der Waals surface area contributed by atoms with Crippen molar-refractivity contribution in [1.82, 2.24) is 19.6 Å². The fourth-order valence-electron chi connectivity index (χ4n) is 5.61. The topological polar surface area (TPSA) is 92.5 Å². The molecule has 5 rings (SSSR count). The van der Waals surface area contributed by atoms with E-state index in [0.29, 0.717) is 30.9 Å². The molecule has 9 heteroatoms. The lowest BCUT2D eigenvalue weighted by atomic mass is 10.0. The van der Waals surface area contributed by atoms with Gasteiger partial charge in [0.2, 0.25) is 5.91 Å². The third kappa shape index (κ3) is 7.59. The zero-order valence-electron chi connectivity index (χ0n) is 25.1. The standard InChI is InChI=1S/C35H38N6O3/c1-3-20-44-35(43)40-25-31(24-39-18-16-38(2)17-19-39)41(33(42)26-40)23-27-14-15-30(22-36)32(21-27)37-34(28-10-6-4-7-11-28)29-12-8-5-9-13-29/h3-15,21,31H,1,16-20,23-26H2,2H3/t31-/m0/s1. The summed E-state index contributed by atoms with van der Waals surface area (Å²) in [6, 6.07) is 27.4. The van der Waals surface area contributed by atoms with Gasteiger partial charge in [0.1, 0.15) is 19.2 Å². The summed E-state index contributed by atoms with van der Waals surface area (Å²) >= 11 is 0. The van der Waals surface area contributed by atoms with E-state index in [-0.39, 0.29) is 25.1 Å². The molecule has 2 aliphatic rings. The normalized spacial score (nSPS) is 17.5. The summed E-state index contributed by atoms with van der Waals surface area (Å²) < 4.78 is 5.27. The Morgan fingerprint density at radius 1 is 1.02 bits per heavy atom. The fraction of sp³-hybridized carbons (Fsp3) is 0.314. The molecule has 0 aliphatic carbocycles. The van der Waals surface area contributed by atoms with Crippen molar-refractivity contribution < 1.29 is 14.3 Å². The minimum Gasteiger partial charge on any atom is -0.445 e. The number of benzene rings is 3. The molecule has 9 nitrogen and oxygen atoms in total. The van der Waals surface area contributed by atoms with Crippen LogP contribution in [-0.2, 0) is 16.1 Å². The van der Waals surface area contributed by atoms with Gasteiger partial charge in [0.15, 0.2) is 0 Å². The minimum absolute atomic E-state index is 0.0529. The second-order valence-electron chi connectivity index (χ2n) is 11.2. The van der Waals surface area contributed by atoms with Gasteiger partial charge < -0.3 is 14.5 Å². The molecule has 0 aromatic heterocycles. The van der Waals surface area contributed by atoms with Crippen LogP contribution in [0.4, 0.5) is 10.5 Å². The Kier molecular flexibility index (Phi) is 10.2. The summed E-state index contributed by atoms with van der Waals surface area (Å²) in [6.07, 6.45) is 1.01. The van der Waals surface area contributed by atoms with Crippen LogP contribution in [0.3, 0.4) is 0 Å². The van der Waals surface area contributed by atoms with E-state index in [1.165, 1.54) is 11.0 Å². The molecule has 2 saturated heterocycles. The van der Waals surface area contributed by atoms with Crippen LogP contribution >= 0.6 is 0 Å². The number of piperazine rings is 2. The highest BCUT2D eigenvalue weighted by Gasteiger charge is 2.36. The molecule has 0 bridgehead atoms. The van der Waals surface area contributed by atoms with Gasteiger partial charge in [-0.25, -0.2) is 9.79 Å². The number of aliphatic imine (C=N–C) groups is 1. The number of nitrogens with zero attached hydrogens (tertiary/aromatic N) is 6. The number of nitriles is 1. The monoisotopic (exact) mass is 590 g/mol. The Morgan fingerprint density at radius 3 is 2.30 bits per heavy atom. The SMILES string of the molecule is C=CCOC(=O)N1CC(=O)N(Cc2ccc(C#N)c(N=C(c3ccccc3)c3ccccc3)c2)[C@@H](CN2CCN(C)CC2)C1. The molecule has 44 heavy (non-hydrogen) atoms. The summed E-state index contributed by atoms with van der Waals surface area (Å²) in [4.78, 5) is 39.3. The maximum atomic E-state index is 13.6. The maximum absolute atomic E-state index is 13.6. The van der Waals surface area contributed by atoms with Crippen molar-refractivity contribution in [3.8, 4) is 6.07 Å². The van der Waals surface area contributed by atoms with Gasteiger partial charge in [0, 0.05) is 56.9 Å². The van der Waals surface area contributed by atoms with Crippen molar-refractivity contribution in [2.24, 2.45) is 4.99 Å². The van der Waals surface area contributed by atoms with Crippen molar-refractivity contribution >= 4 is 23.4 Å². The Hall–Kier alpha value is -4.78. The van der Waals surface area contributed by atoms with Crippen LogP contribution in [0.5, 0.6) is 0 Å². The van der Waals surface area contributed by atoms with Gasteiger partial charge in [-0.15, -0.1) is 0 Å². The van der Waals surface area contributed by atoms with Gasteiger partial charge in [-0.05, 0) is 24.7 Å². The quantitative estimate of drug-likeness (QED) is 0.273. The first-order chi connectivity index (χ1) is 21.4. The molecule has 226 valence electrons. The molecule has 1 atom stereocenters. The van der Waals surface area contributed by atoms with Gasteiger partial charge >= 0.3 is 6.09 Å². The number of rotatable bonds is 9. The lowest BCUT2D eigenvalue weighted by Gasteiger charge is -2.43. The molecule has 3 aromatic carbocycles. The zero-order valence-corrected chi connectivity index (χ0v) is 25.1. The number of likely N-dealkylation sites (N-methyl/N-ethyl adjacent to an activating group) is 1. The van der Waals surface area contributed by atoms with E-state index in [4.69, 9.17) is 9.73 Å². The first kappa shape index (κ1) is 30.7. The van der Waals surface area contributed by atoms with E-state index < -0.39 is 6.09 Å². The van der Waals surface area contributed by atoms with Crippen molar-refractivity contribution in [3.63, 3.8) is 0 Å². The average Bonchev–Trinajstić information content (AvgIpc) is 3.05. The number of hydrogen-bond donors (Lipinski definition) is 0. The first-order valence-corrected chi connectivity index (χ1v) is 14.9. The van der Waals surface area contributed by atoms with E-state index >= 15 is 0 Å². The second-order valence-corrected chi connectivity index (χ2v) is 11.2. The highest BCUT2D eigenvalue weighted by molar-refractivity contribution is 6.14. The maximum Gasteiger partial charge on any atom is 0.410 e. The van der Waals surface area contributed by atoms with E-state index in [1.807, 2.05) is 77.7 Å². The van der Waals surface area contributed by atoms with Crippen LogP contribution in [-0.4, -0.2) is 103 Å². The van der Waals surface area contributed by atoms with E-state index in [2.05, 4.69) is 29.5 Å². The van der Waals surface area contributed by atoms with Crippen LogP contribution in [0.15, 0.2) is 96.5 Å². The molecule has 2 heterocycles. The molecule has 0 unspecified atom stereocenters. The first-order valence-electron chi connectivity index (χ1n) is 14.9. The zero-order chi connectivity index (χ0) is 30.9. The van der Waals surface area contributed by atoms with E-state index in [1.54, 1.807) is 6.07 Å². The Bertz CT molecular complexity index is 1490. The van der Waals surface area contributed by atoms with E-state index in [0.717, 1.165) is 48.6 Å². The molecular formula is C35H38N6O3. The smallest absolute Gasteiger partial charge is 0.410 e. The van der Waals surface area contributed by atoms with Crippen LogP contribution in [0.25, 0.3) is 0 Å². The summed E-state index contributed by atoms with van der Waals surface area (Å²) in [7, 11) is 2.11.